The van der Waals surface area contributed by atoms with E-state index < -0.39 is 35.5 Å². The Morgan fingerprint density at radius 1 is 1.41 bits per heavy atom. The SMILES string of the molecule is O=C(O)c1cn2c3c(c(N4C=C(O)C=CC4)c(F)cc3c1=O)OCC2CF. The van der Waals surface area contributed by atoms with Gasteiger partial charge < -0.3 is 24.4 Å². The van der Waals surface area contributed by atoms with Crippen molar-refractivity contribution in [3.63, 3.8) is 0 Å². The number of aliphatic hydroxyl groups is 1. The Morgan fingerprint density at radius 3 is 2.85 bits per heavy atom. The molecule has 0 radical (unpaired) electrons. The molecule has 2 aromatic rings. The summed E-state index contributed by atoms with van der Waals surface area (Å²) in [6, 6.07) is 0.0781. The minimum absolute atomic E-state index is 0.00286. The van der Waals surface area contributed by atoms with Crippen LogP contribution in [0.5, 0.6) is 5.75 Å². The van der Waals surface area contributed by atoms with E-state index in [1.54, 1.807) is 6.08 Å². The van der Waals surface area contributed by atoms with Gasteiger partial charge in [-0.05, 0) is 12.1 Å². The van der Waals surface area contributed by atoms with Gasteiger partial charge in [-0.1, -0.05) is 6.08 Å². The van der Waals surface area contributed by atoms with Crippen LogP contribution < -0.4 is 15.1 Å². The highest BCUT2D eigenvalue weighted by molar-refractivity contribution is 5.97. The van der Waals surface area contributed by atoms with Crippen molar-refractivity contribution in [2.24, 2.45) is 0 Å². The summed E-state index contributed by atoms with van der Waals surface area (Å²) in [5.41, 5.74) is -1.34. The first-order valence-corrected chi connectivity index (χ1v) is 8.09. The number of carboxylic acids is 1. The largest absolute Gasteiger partial charge is 0.506 e. The van der Waals surface area contributed by atoms with E-state index >= 15 is 0 Å². The van der Waals surface area contributed by atoms with Gasteiger partial charge in [0.1, 0.15) is 30.3 Å². The van der Waals surface area contributed by atoms with Crippen LogP contribution in [0.1, 0.15) is 16.4 Å². The number of alkyl halides is 1. The van der Waals surface area contributed by atoms with E-state index in [2.05, 4.69) is 0 Å². The molecule has 0 spiro atoms. The molecule has 3 heterocycles. The van der Waals surface area contributed by atoms with E-state index in [0.717, 1.165) is 12.3 Å². The molecule has 4 rings (SSSR count). The molecule has 1 unspecified atom stereocenters. The number of ether oxygens (including phenoxy) is 1. The topological polar surface area (TPSA) is 92.0 Å². The summed E-state index contributed by atoms with van der Waals surface area (Å²) in [4.78, 5) is 25.3. The Balaban J connectivity index is 2.08. The first kappa shape index (κ1) is 17.1. The molecule has 0 bridgehead atoms. The normalized spacial score (nSPS) is 18.4. The summed E-state index contributed by atoms with van der Waals surface area (Å²) in [7, 11) is 0. The second-order valence-corrected chi connectivity index (χ2v) is 6.24. The molecule has 1 atom stereocenters. The van der Waals surface area contributed by atoms with Crippen molar-refractivity contribution >= 4 is 22.6 Å². The predicted molar refractivity (Wildman–Crippen MR) is 92.8 cm³/mol. The van der Waals surface area contributed by atoms with Gasteiger partial charge >= 0.3 is 5.97 Å². The monoisotopic (exact) mass is 376 g/mol. The van der Waals surface area contributed by atoms with Crippen LogP contribution in [0.3, 0.4) is 0 Å². The summed E-state index contributed by atoms with van der Waals surface area (Å²) in [5, 5.41) is 18.8. The van der Waals surface area contributed by atoms with Crippen molar-refractivity contribution in [1.29, 1.82) is 0 Å². The van der Waals surface area contributed by atoms with Crippen molar-refractivity contribution in [2.75, 3.05) is 24.7 Å². The summed E-state index contributed by atoms with van der Waals surface area (Å²) in [5.74, 6) is -2.39. The number of aliphatic hydroxyl groups excluding tert-OH is 1. The molecule has 140 valence electrons. The van der Waals surface area contributed by atoms with Crippen LogP contribution in [0.25, 0.3) is 10.9 Å². The number of carboxylic acid groups (broad SMARTS) is 1. The number of anilines is 1. The molecule has 2 N–H and O–H groups in total. The zero-order chi connectivity index (χ0) is 19.3. The number of nitrogens with zero attached hydrogens (tertiary/aromatic N) is 2. The lowest BCUT2D eigenvalue weighted by Gasteiger charge is -2.32. The van der Waals surface area contributed by atoms with Crippen LogP contribution in [0.4, 0.5) is 14.5 Å². The van der Waals surface area contributed by atoms with E-state index in [-0.39, 0.29) is 41.3 Å². The Hall–Kier alpha value is -3.36. The fourth-order valence-electron chi connectivity index (χ4n) is 3.36. The van der Waals surface area contributed by atoms with E-state index in [4.69, 9.17) is 4.74 Å². The number of hydrogen-bond acceptors (Lipinski definition) is 5. The maximum atomic E-state index is 14.9. The zero-order valence-corrected chi connectivity index (χ0v) is 13.9. The van der Waals surface area contributed by atoms with E-state index in [1.165, 1.54) is 21.7 Å². The molecular weight excluding hydrogens is 362 g/mol. The molecule has 0 aliphatic carbocycles. The van der Waals surface area contributed by atoms with Crippen LogP contribution in [0, 0.1) is 5.82 Å². The van der Waals surface area contributed by atoms with Crippen LogP contribution in [0.2, 0.25) is 0 Å². The fraction of sp³-hybridized carbons (Fsp3) is 0.222. The highest BCUT2D eigenvalue weighted by Gasteiger charge is 2.31. The first-order valence-electron chi connectivity index (χ1n) is 8.09. The highest BCUT2D eigenvalue weighted by atomic mass is 19.1. The number of hydrogen-bond donors (Lipinski definition) is 2. The molecule has 1 aromatic heterocycles. The number of aromatic carboxylic acids is 1. The van der Waals surface area contributed by atoms with Crippen molar-refractivity contribution in [2.45, 2.75) is 6.04 Å². The van der Waals surface area contributed by atoms with Gasteiger partial charge in [-0.2, -0.15) is 0 Å². The molecular formula is C18H14F2N2O5. The van der Waals surface area contributed by atoms with Crippen LogP contribution >= 0.6 is 0 Å². The maximum absolute atomic E-state index is 14.9. The smallest absolute Gasteiger partial charge is 0.341 e. The minimum Gasteiger partial charge on any atom is -0.506 e. The molecule has 2 aliphatic heterocycles. The molecule has 7 nitrogen and oxygen atoms in total. The predicted octanol–water partition coefficient (Wildman–Crippen LogP) is 2.52. The van der Waals surface area contributed by atoms with Gasteiger partial charge in [0.15, 0.2) is 11.6 Å². The number of allylic oxidation sites excluding steroid dienone is 1. The standard InChI is InChI=1S/C18H14F2N2O5/c19-5-9-8-27-17-14-11(16(24)12(18(25)26)7-22(9)14)4-13(20)15(17)21-3-1-2-10(23)6-21/h1-2,4,6-7,9,23H,3,5,8H2,(H,25,26). The quantitative estimate of drug-likeness (QED) is 0.855. The molecule has 2 aliphatic rings. The summed E-state index contributed by atoms with van der Waals surface area (Å²) < 4.78 is 35.3. The summed E-state index contributed by atoms with van der Waals surface area (Å²) >= 11 is 0. The Kier molecular flexibility index (Phi) is 3.87. The van der Waals surface area contributed by atoms with Gasteiger partial charge in [-0.25, -0.2) is 13.6 Å². The van der Waals surface area contributed by atoms with Gasteiger partial charge in [0.25, 0.3) is 0 Å². The Bertz CT molecular complexity index is 1090. The average Bonchev–Trinajstić information content (AvgIpc) is 2.63. The summed E-state index contributed by atoms with van der Waals surface area (Å²) in [6.45, 7) is -0.764. The Labute approximate surface area is 151 Å². The minimum atomic E-state index is -1.48. The van der Waals surface area contributed by atoms with E-state index in [0.29, 0.717) is 0 Å². The second-order valence-electron chi connectivity index (χ2n) is 6.24. The van der Waals surface area contributed by atoms with Crippen molar-refractivity contribution in [3.8, 4) is 5.75 Å². The van der Waals surface area contributed by atoms with Gasteiger partial charge in [-0.3, -0.25) is 4.79 Å². The van der Waals surface area contributed by atoms with Gasteiger partial charge in [0.2, 0.25) is 5.43 Å². The van der Waals surface area contributed by atoms with Gasteiger partial charge in [-0.15, -0.1) is 0 Å². The summed E-state index contributed by atoms with van der Waals surface area (Å²) in [6.07, 6.45) is 5.43. The van der Waals surface area contributed by atoms with Crippen LogP contribution in [0.15, 0.2) is 41.2 Å². The third kappa shape index (κ3) is 2.54. The number of halogens is 2. The van der Waals surface area contributed by atoms with Crippen LogP contribution in [-0.2, 0) is 0 Å². The number of carbonyl (C=O) groups is 1. The second kappa shape index (κ2) is 6.11. The third-order valence-corrected chi connectivity index (χ3v) is 4.59. The number of rotatable bonds is 3. The Morgan fingerprint density at radius 2 is 2.19 bits per heavy atom. The maximum Gasteiger partial charge on any atom is 0.341 e. The average molecular weight is 376 g/mol. The molecule has 0 saturated carbocycles. The number of pyridine rings is 1. The molecule has 1 aromatic carbocycles. The van der Waals surface area contributed by atoms with Crippen molar-refractivity contribution < 1.29 is 28.5 Å². The first-order chi connectivity index (χ1) is 12.9. The molecule has 27 heavy (non-hydrogen) atoms. The lowest BCUT2D eigenvalue weighted by Crippen LogP contribution is -2.31. The third-order valence-electron chi connectivity index (χ3n) is 4.59. The van der Waals surface area contributed by atoms with Gasteiger partial charge in [0.05, 0.1) is 16.9 Å². The number of benzene rings is 1. The van der Waals surface area contributed by atoms with Crippen LogP contribution in [-0.4, -0.2) is 40.6 Å². The fourth-order valence-corrected chi connectivity index (χ4v) is 3.36. The molecule has 0 amide bonds. The molecule has 9 heteroatoms. The van der Waals surface area contributed by atoms with Crippen molar-refractivity contribution in [1.82, 2.24) is 4.57 Å². The zero-order valence-electron chi connectivity index (χ0n) is 13.9. The lowest BCUT2D eigenvalue weighted by atomic mass is 10.1. The molecule has 0 fully saturated rings. The lowest BCUT2D eigenvalue weighted by molar-refractivity contribution is 0.0694. The van der Waals surface area contributed by atoms with E-state index in [9.17, 15) is 28.6 Å². The highest BCUT2D eigenvalue weighted by Crippen LogP contribution is 2.42. The van der Waals surface area contributed by atoms with Gasteiger partial charge in [0, 0.05) is 18.9 Å². The van der Waals surface area contributed by atoms with Crippen molar-refractivity contribution in [3.05, 3.63) is 58.0 Å². The molecule has 0 saturated heterocycles. The van der Waals surface area contributed by atoms with E-state index in [1.807, 2.05) is 0 Å². The number of aromatic nitrogens is 1.